The fourth-order valence-corrected chi connectivity index (χ4v) is 1.90. The summed E-state index contributed by atoms with van der Waals surface area (Å²) in [5.74, 6) is 1.15. The molecule has 0 N–H and O–H groups in total. The highest BCUT2D eigenvalue weighted by Crippen LogP contribution is 2.41. The Morgan fingerprint density at radius 3 is 2.64 bits per heavy atom. The number of rotatable bonds is 3. The first kappa shape index (κ1) is 9.70. The van der Waals surface area contributed by atoms with Crippen molar-refractivity contribution in [1.29, 1.82) is 0 Å². The van der Waals surface area contributed by atoms with Gasteiger partial charge in [-0.25, -0.2) is 4.39 Å². The third-order valence-electron chi connectivity index (χ3n) is 2.72. The maximum atomic E-state index is 13.4. The molecule has 1 heteroatoms. The zero-order chi connectivity index (χ0) is 10.1. The monoisotopic (exact) mass is 192 g/mol. The predicted octanol–water partition coefficient (Wildman–Crippen LogP) is 3.90. The van der Waals surface area contributed by atoms with Crippen molar-refractivity contribution in [3.05, 3.63) is 35.1 Å². The van der Waals surface area contributed by atoms with Gasteiger partial charge in [0.25, 0.3) is 0 Å². The van der Waals surface area contributed by atoms with Crippen molar-refractivity contribution in [3.63, 3.8) is 0 Å². The molecule has 2 rings (SSSR count). The lowest BCUT2D eigenvalue weighted by molar-refractivity contribution is 0.604. The molecule has 0 amide bonds. The molecule has 1 aromatic carbocycles. The molecule has 0 saturated heterocycles. The van der Waals surface area contributed by atoms with E-state index in [-0.39, 0.29) is 5.82 Å². The topological polar surface area (TPSA) is 0 Å². The van der Waals surface area contributed by atoms with Crippen LogP contribution in [0.3, 0.4) is 0 Å². The summed E-state index contributed by atoms with van der Waals surface area (Å²) in [5, 5.41) is 0. The largest absolute Gasteiger partial charge is 0.207 e. The molecular formula is C13H17F. The summed E-state index contributed by atoms with van der Waals surface area (Å²) in [6.07, 6.45) is 3.39. The molecule has 1 saturated carbocycles. The van der Waals surface area contributed by atoms with Gasteiger partial charge in [0.1, 0.15) is 5.82 Å². The van der Waals surface area contributed by atoms with E-state index in [2.05, 4.69) is 19.9 Å². The standard InChI is InChI=1S/C13H17F/c1-9(2)7-10-3-6-13(14)12(8-10)11-4-5-11/h3,6,8-9,11H,4-5,7H2,1-2H3. The summed E-state index contributed by atoms with van der Waals surface area (Å²) in [6, 6.07) is 5.61. The van der Waals surface area contributed by atoms with Gasteiger partial charge in [-0.1, -0.05) is 26.0 Å². The van der Waals surface area contributed by atoms with Gasteiger partial charge in [-0.15, -0.1) is 0 Å². The van der Waals surface area contributed by atoms with Crippen LogP contribution >= 0.6 is 0 Å². The molecule has 1 aliphatic rings. The van der Waals surface area contributed by atoms with E-state index in [4.69, 9.17) is 0 Å². The third kappa shape index (κ3) is 2.14. The van der Waals surface area contributed by atoms with Crippen molar-refractivity contribution in [2.75, 3.05) is 0 Å². The summed E-state index contributed by atoms with van der Waals surface area (Å²) in [5.41, 5.74) is 2.23. The number of halogens is 1. The van der Waals surface area contributed by atoms with E-state index in [0.717, 1.165) is 12.0 Å². The highest BCUT2D eigenvalue weighted by molar-refractivity contribution is 5.30. The lowest BCUT2D eigenvalue weighted by atomic mass is 9.99. The Hall–Kier alpha value is -0.850. The van der Waals surface area contributed by atoms with E-state index in [0.29, 0.717) is 11.8 Å². The van der Waals surface area contributed by atoms with Gasteiger partial charge in [0.05, 0.1) is 0 Å². The summed E-state index contributed by atoms with van der Waals surface area (Å²) in [4.78, 5) is 0. The SMILES string of the molecule is CC(C)Cc1ccc(F)c(C2CC2)c1. The zero-order valence-electron chi connectivity index (χ0n) is 8.89. The second kappa shape index (κ2) is 3.72. The van der Waals surface area contributed by atoms with E-state index >= 15 is 0 Å². The van der Waals surface area contributed by atoms with Crippen LogP contribution in [0, 0.1) is 11.7 Å². The van der Waals surface area contributed by atoms with Gasteiger partial charge in [0.2, 0.25) is 0 Å². The van der Waals surface area contributed by atoms with Crippen molar-refractivity contribution < 1.29 is 4.39 Å². The molecule has 1 aliphatic carbocycles. The second-order valence-corrected chi connectivity index (χ2v) is 4.73. The molecule has 0 nitrogen and oxygen atoms in total. The molecule has 0 bridgehead atoms. The van der Waals surface area contributed by atoms with E-state index < -0.39 is 0 Å². The third-order valence-corrected chi connectivity index (χ3v) is 2.72. The van der Waals surface area contributed by atoms with Crippen molar-refractivity contribution in [1.82, 2.24) is 0 Å². The number of hydrogen-bond acceptors (Lipinski definition) is 0. The predicted molar refractivity (Wildman–Crippen MR) is 56.9 cm³/mol. The van der Waals surface area contributed by atoms with Gasteiger partial charge in [-0.2, -0.15) is 0 Å². The summed E-state index contributed by atoms with van der Waals surface area (Å²) < 4.78 is 13.4. The van der Waals surface area contributed by atoms with Crippen molar-refractivity contribution >= 4 is 0 Å². The Morgan fingerprint density at radius 1 is 1.36 bits per heavy atom. The molecule has 0 heterocycles. The van der Waals surface area contributed by atoms with Gasteiger partial charge >= 0.3 is 0 Å². The molecule has 14 heavy (non-hydrogen) atoms. The molecular weight excluding hydrogens is 175 g/mol. The average Bonchev–Trinajstić information content (AvgIpc) is 2.90. The fraction of sp³-hybridized carbons (Fsp3) is 0.538. The summed E-state index contributed by atoms with van der Waals surface area (Å²) >= 11 is 0. The maximum Gasteiger partial charge on any atom is 0.126 e. The highest BCUT2D eigenvalue weighted by Gasteiger charge is 2.26. The molecule has 1 aromatic rings. The molecule has 76 valence electrons. The lowest BCUT2D eigenvalue weighted by Crippen LogP contribution is -1.96. The first-order valence-corrected chi connectivity index (χ1v) is 5.45. The fourth-order valence-electron chi connectivity index (χ4n) is 1.90. The smallest absolute Gasteiger partial charge is 0.126 e. The lowest BCUT2D eigenvalue weighted by Gasteiger charge is -2.07. The molecule has 0 unspecified atom stereocenters. The second-order valence-electron chi connectivity index (χ2n) is 4.73. The zero-order valence-corrected chi connectivity index (χ0v) is 8.89. The Balaban J connectivity index is 2.21. The minimum atomic E-state index is -0.0139. The molecule has 0 aromatic heterocycles. The van der Waals surface area contributed by atoms with E-state index in [9.17, 15) is 4.39 Å². The Kier molecular flexibility index (Phi) is 2.58. The van der Waals surface area contributed by atoms with Crippen molar-refractivity contribution in [3.8, 4) is 0 Å². The maximum absolute atomic E-state index is 13.4. The van der Waals surface area contributed by atoms with Gasteiger partial charge in [0.15, 0.2) is 0 Å². The Labute approximate surface area is 85.1 Å². The van der Waals surface area contributed by atoms with Gasteiger partial charge < -0.3 is 0 Å². The van der Waals surface area contributed by atoms with E-state index in [1.165, 1.54) is 18.4 Å². The molecule has 0 spiro atoms. The Bertz CT molecular complexity index is 324. The normalized spacial score (nSPS) is 16.3. The van der Waals surface area contributed by atoms with Crippen LogP contribution in [-0.4, -0.2) is 0 Å². The first-order valence-electron chi connectivity index (χ1n) is 5.45. The van der Waals surface area contributed by atoms with Crippen LogP contribution in [0.25, 0.3) is 0 Å². The molecule has 0 atom stereocenters. The van der Waals surface area contributed by atoms with Crippen LogP contribution < -0.4 is 0 Å². The van der Waals surface area contributed by atoms with Crippen LogP contribution in [0.2, 0.25) is 0 Å². The van der Waals surface area contributed by atoms with Crippen LogP contribution in [0.15, 0.2) is 18.2 Å². The van der Waals surface area contributed by atoms with Gasteiger partial charge in [-0.05, 0) is 48.3 Å². The Morgan fingerprint density at radius 2 is 2.07 bits per heavy atom. The van der Waals surface area contributed by atoms with Gasteiger partial charge in [-0.3, -0.25) is 0 Å². The quantitative estimate of drug-likeness (QED) is 0.681. The minimum Gasteiger partial charge on any atom is -0.207 e. The van der Waals surface area contributed by atoms with Crippen LogP contribution in [0.5, 0.6) is 0 Å². The van der Waals surface area contributed by atoms with Crippen molar-refractivity contribution in [2.45, 2.75) is 39.0 Å². The number of benzene rings is 1. The van der Waals surface area contributed by atoms with Crippen LogP contribution in [0.4, 0.5) is 4.39 Å². The van der Waals surface area contributed by atoms with Crippen LogP contribution in [-0.2, 0) is 6.42 Å². The van der Waals surface area contributed by atoms with E-state index in [1.807, 2.05) is 6.07 Å². The first-order chi connectivity index (χ1) is 6.66. The highest BCUT2D eigenvalue weighted by atomic mass is 19.1. The van der Waals surface area contributed by atoms with Crippen LogP contribution in [0.1, 0.15) is 43.7 Å². The number of hydrogen-bond donors (Lipinski definition) is 0. The minimum absolute atomic E-state index is 0.0139. The molecule has 1 fully saturated rings. The van der Waals surface area contributed by atoms with Crippen molar-refractivity contribution in [2.24, 2.45) is 5.92 Å². The average molecular weight is 192 g/mol. The van der Waals surface area contributed by atoms with E-state index in [1.54, 1.807) is 6.07 Å². The molecule has 0 radical (unpaired) electrons. The summed E-state index contributed by atoms with van der Waals surface area (Å²) in [7, 11) is 0. The summed E-state index contributed by atoms with van der Waals surface area (Å²) in [6.45, 7) is 4.39. The molecule has 0 aliphatic heterocycles. The van der Waals surface area contributed by atoms with Gasteiger partial charge in [0, 0.05) is 0 Å².